The van der Waals surface area contributed by atoms with Gasteiger partial charge < -0.3 is 5.32 Å². The van der Waals surface area contributed by atoms with Crippen molar-refractivity contribution >= 4 is 10.2 Å². The SMILES string of the molecule is CNS(=O)(=O)NC1CCCCNC1. The van der Waals surface area contributed by atoms with E-state index in [9.17, 15) is 8.42 Å². The van der Waals surface area contributed by atoms with Gasteiger partial charge in [-0.1, -0.05) is 6.42 Å². The fourth-order valence-corrected chi connectivity index (χ4v) is 2.16. The maximum atomic E-state index is 11.1. The van der Waals surface area contributed by atoms with E-state index in [4.69, 9.17) is 0 Å². The van der Waals surface area contributed by atoms with E-state index in [1.807, 2.05) is 0 Å². The van der Waals surface area contributed by atoms with Gasteiger partial charge in [-0.3, -0.25) is 0 Å². The van der Waals surface area contributed by atoms with E-state index in [0.29, 0.717) is 0 Å². The lowest BCUT2D eigenvalue weighted by atomic mass is 10.2. The van der Waals surface area contributed by atoms with E-state index in [-0.39, 0.29) is 6.04 Å². The highest BCUT2D eigenvalue weighted by atomic mass is 32.2. The van der Waals surface area contributed by atoms with Crippen molar-refractivity contribution in [1.29, 1.82) is 0 Å². The Balaban J connectivity index is 2.42. The summed E-state index contributed by atoms with van der Waals surface area (Å²) in [4.78, 5) is 0. The molecule has 13 heavy (non-hydrogen) atoms. The van der Waals surface area contributed by atoms with Crippen LogP contribution in [0.5, 0.6) is 0 Å². The Hall–Kier alpha value is -0.170. The van der Waals surface area contributed by atoms with Crippen LogP contribution in [-0.4, -0.2) is 34.6 Å². The molecule has 0 aromatic carbocycles. The van der Waals surface area contributed by atoms with Crippen molar-refractivity contribution in [1.82, 2.24) is 14.8 Å². The molecule has 1 rings (SSSR count). The molecule has 0 aliphatic carbocycles. The van der Waals surface area contributed by atoms with Crippen molar-refractivity contribution in [2.24, 2.45) is 0 Å². The van der Waals surface area contributed by atoms with Crippen molar-refractivity contribution in [2.45, 2.75) is 25.3 Å². The zero-order chi connectivity index (χ0) is 9.73. The Morgan fingerprint density at radius 2 is 2.15 bits per heavy atom. The van der Waals surface area contributed by atoms with Crippen molar-refractivity contribution < 1.29 is 8.42 Å². The smallest absolute Gasteiger partial charge is 0.276 e. The molecule has 1 aliphatic heterocycles. The summed E-state index contributed by atoms with van der Waals surface area (Å²) in [6.45, 7) is 1.71. The number of nitrogens with one attached hydrogen (secondary N) is 3. The predicted octanol–water partition coefficient (Wildman–Crippen LogP) is -0.818. The molecule has 1 unspecified atom stereocenters. The predicted molar refractivity (Wildman–Crippen MR) is 51.6 cm³/mol. The molecule has 5 nitrogen and oxygen atoms in total. The second kappa shape index (κ2) is 4.90. The third-order valence-corrected chi connectivity index (χ3v) is 3.32. The molecule has 0 aromatic rings. The van der Waals surface area contributed by atoms with E-state index >= 15 is 0 Å². The first-order chi connectivity index (χ1) is 6.14. The van der Waals surface area contributed by atoms with Crippen LogP contribution in [-0.2, 0) is 10.2 Å². The van der Waals surface area contributed by atoms with E-state index in [0.717, 1.165) is 32.4 Å². The van der Waals surface area contributed by atoms with Crippen LogP contribution in [0.25, 0.3) is 0 Å². The zero-order valence-corrected chi connectivity index (χ0v) is 8.65. The summed E-state index contributed by atoms with van der Waals surface area (Å²) >= 11 is 0. The third kappa shape index (κ3) is 4.04. The van der Waals surface area contributed by atoms with Crippen LogP contribution in [0.15, 0.2) is 0 Å². The fourth-order valence-electron chi connectivity index (χ4n) is 1.40. The Morgan fingerprint density at radius 1 is 1.38 bits per heavy atom. The Kier molecular flexibility index (Phi) is 4.11. The van der Waals surface area contributed by atoms with Crippen LogP contribution in [0.2, 0.25) is 0 Å². The first-order valence-electron chi connectivity index (χ1n) is 4.55. The molecule has 0 radical (unpaired) electrons. The van der Waals surface area contributed by atoms with Crippen LogP contribution in [0.4, 0.5) is 0 Å². The fraction of sp³-hybridized carbons (Fsp3) is 1.00. The van der Waals surface area contributed by atoms with Crippen molar-refractivity contribution in [3.05, 3.63) is 0 Å². The lowest BCUT2D eigenvalue weighted by Crippen LogP contribution is -2.45. The van der Waals surface area contributed by atoms with Crippen LogP contribution in [0.1, 0.15) is 19.3 Å². The molecule has 1 atom stereocenters. The minimum atomic E-state index is -3.28. The van der Waals surface area contributed by atoms with Gasteiger partial charge in [-0.25, -0.2) is 4.72 Å². The number of hydrogen-bond acceptors (Lipinski definition) is 3. The highest BCUT2D eigenvalue weighted by Crippen LogP contribution is 2.04. The van der Waals surface area contributed by atoms with Crippen LogP contribution >= 0.6 is 0 Å². The Bertz CT molecular complexity index is 232. The molecule has 1 aliphatic rings. The second-order valence-electron chi connectivity index (χ2n) is 3.22. The lowest BCUT2D eigenvalue weighted by molar-refractivity contribution is 0.516. The summed E-state index contributed by atoms with van der Waals surface area (Å²) in [5.41, 5.74) is 0. The molecule has 0 bridgehead atoms. The van der Waals surface area contributed by atoms with Gasteiger partial charge in [0, 0.05) is 19.6 Å². The van der Waals surface area contributed by atoms with Crippen molar-refractivity contribution in [3.8, 4) is 0 Å². The molecule has 1 heterocycles. The van der Waals surface area contributed by atoms with Gasteiger partial charge in [-0.15, -0.1) is 0 Å². The van der Waals surface area contributed by atoms with Gasteiger partial charge in [0.25, 0.3) is 10.2 Å². The first kappa shape index (κ1) is 10.9. The van der Waals surface area contributed by atoms with E-state index in [1.165, 1.54) is 7.05 Å². The van der Waals surface area contributed by atoms with Crippen molar-refractivity contribution in [3.63, 3.8) is 0 Å². The lowest BCUT2D eigenvalue weighted by Gasteiger charge is -2.15. The maximum Gasteiger partial charge on any atom is 0.276 e. The quantitative estimate of drug-likeness (QED) is 0.566. The summed E-state index contributed by atoms with van der Waals surface area (Å²) in [5.74, 6) is 0. The zero-order valence-electron chi connectivity index (χ0n) is 7.84. The molecule has 0 spiro atoms. The molecule has 1 fully saturated rings. The summed E-state index contributed by atoms with van der Waals surface area (Å²) in [5, 5.41) is 3.19. The molecular weight excluding hydrogens is 190 g/mol. The topological polar surface area (TPSA) is 70.2 Å². The Labute approximate surface area is 79.5 Å². The van der Waals surface area contributed by atoms with Crippen molar-refractivity contribution in [2.75, 3.05) is 20.1 Å². The molecule has 78 valence electrons. The minimum absolute atomic E-state index is 0.0277. The van der Waals surface area contributed by atoms with E-state index < -0.39 is 10.2 Å². The average Bonchev–Trinajstić information content (AvgIpc) is 2.32. The van der Waals surface area contributed by atoms with Gasteiger partial charge in [0.1, 0.15) is 0 Å². The molecule has 3 N–H and O–H groups in total. The first-order valence-corrected chi connectivity index (χ1v) is 6.04. The standard InChI is InChI=1S/C7H17N3O2S/c1-8-13(11,12)10-7-4-2-3-5-9-6-7/h7-10H,2-6H2,1H3. The average molecular weight is 207 g/mol. The van der Waals surface area contributed by atoms with Crippen LogP contribution in [0, 0.1) is 0 Å². The van der Waals surface area contributed by atoms with Crippen LogP contribution in [0.3, 0.4) is 0 Å². The van der Waals surface area contributed by atoms with Crippen LogP contribution < -0.4 is 14.8 Å². The maximum absolute atomic E-state index is 11.1. The molecular formula is C7H17N3O2S. The van der Waals surface area contributed by atoms with E-state index in [1.54, 1.807) is 0 Å². The normalized spacial score (nSPS) is 25.5. The number of hydrogen-bond donors (Lipinski definition) is 3. The highest BCUT2D eigenvalue weighted by Gasteiger charge is 2.16. The molecule has 0 aromatic heterocycles. The largest absolute Gasteiger partial charge is 0.315 e. The summed E-state index contributed by atoms with van der Waals surface area (Å²) < 4.78 is 27.1. The summed E-state index contributed by atoms with van der Waals surface area (Å²) in [7, 11) is -1.87. The van der Waals surface area contributed by atoms with Gasteiger partial charge in [-0.2, -0.15) is 13.1 Å². The molecule has 6 heteroatoms. The van der Waals surface area contributed by atoms with E-state index in [2.05, 4.69) is 14.8 Å². The third-order valence-electron chi connectivity index (χ3n) is 2.14. The second-order valence-corrected chi connectivity index (χ2v) is 4.87. The van der Waals surface area contributed by atoms with Gasteiger partial charge in [0.15, 0.2) is 0 Å². The molecule has 1 saturated heterocycles. The van der Waals surface area contributed by atoms with Gasteiger partial charge >= 0.3 is 0 Å². The highest BCUT2D eigenvalue weighted by molar-refractivity contribution is 7.87. The number of rotatable bonds is 3. The molecule has 0 amide bonds. The minimum Gasteiger partial charge on any atom is -0.315 e. The monoisotopic (exact) mass is 207 g/mol. The van der Waals surface area contributed by atoms with Gasteiger partial charge in [-0.05, 0) is 19.4 Å². The Morgan fingerprint density at radius 3 is 2.85 bits per heavy atom. The molecule has 0 saturated carbocycles. The summed E-state index contributed by atoms with van der Waals surface area (Å²) in [6.07, 6.45) is 3.11. The van der Waals surface area contributed by atoms with Gasteiger partial charge in [0.05, 0.1) is 0 Å². The summed E-state index contributed by atoms with van der Waals surface area (Å²) in [6, 6.07) is 0.0277. The van der Waals surface area contributed by atoms with Gasteiger partial charge in [0.2, 0.25) is 0 Å².